The van der Waals surface area contributed by atoms with Crippen molar-refractivity contribution in [1.29, 1.82) is 0 Å². The van der Waals surface area contributed by atoms with E-state index in [1.54, 1.807) is 0 Å². The predicted octanol–water partition coefficient (Wildman–Crippen LogP) is 1.61. The van der Waals surface area contributed by atoms with E-state index in [0.717, 1.165) is 12.8 Å². The third-order valence-electron chi connectivity index (χ3n) is 3.21. The minimum atomic E-state index is -0.853. The van der Waals surface area contributed by atoms with Crippen LogP contribution < -0.4 is 5.32 Å². The van der Waals surface area contributed by atoms with Gasteiger partial charge in [0.2, 0.25) is 0 Å². The van der Waals surface area contributed by atoms with Crippen LogP contribution in [0.1, 0.15) is 31.4 Å². The van der Waals surface area contributed by atoms with Crippen molar-refractivity contribution in [3.63, 3.8) is 0 Å². The number of phenols is 2. The van der Waals surface area contributed by atoms with Gasteiger partial charge >= 0.3 is 5.97 Å². The summed E-state index contributed by atoms with van der Waals surface area (Å²) in [5.41, 5.74) is 0.666. The summed E-state index contributed by atoms with van der Waals surface area (Å²) in [5, 5.41) is 31.0. The van der Waals surface area contributed by atoms with Gasteiger partial charge in [0, 0.05) is 12.1 Å². The second-order valence-electron chi connectivity index (χ2n) is 4.82. The van der Waals surface area contributed by atoms with Gasteiger partial charge in [-0.1, -0.05) is 0 Å². The molecule has 2 rings (SSSR count). The smallest absolute Gasteiger partial charge is 0.320 e. The van der Waals surface area contributed by atoms with Crippen LogP contribution in [0.3, 0.4) is 0 Å². The molecule has 0 spiro atoms. The van der Waals surface area contributed by atoms with Crippen LogP contribution in [-0.4, -0.2) is 27.3 Å². The van der Waals surface area contributed by atoms with E-state index in [1.807, 2.05) is 6.92 Å². The summed E-state index contributed by atoms with van der Waals surface area (Å²) in [7, 11) is 0. The molecule has 1 aliphatic carbocycles. The van der Waals surface area contributed by atoms with Crippen LogP contribution in [0.4, 0.5) is 0 Å². The van der Waals surface area contributed by atoms with Crippen LogP contribution in [-0.2, 0) is 4.79 Å². The van der Waals surface area contributed by atoms with Gasteiger partial charge in [-0.05, 0) is 43.4 Å². The molecule has 4 N–H and O–H groups in total. The number of benzene rings is 1. The molecular formula is C13H17NO4. The Morgan fingerprint density at radius 3 is 2.28 bits per heavy atom. The highest BCUT2D eigenvalue weighted by molar-refractivity contribution is 5.74. The average Bonchev–Trinajstić information content (AvgIpc) is 3.07. The second kappa shape index (κ2) is 4.86. The highest BCUT2D eigenvalue weighted by Gasteiger charge is 2.36. The number of nitrogens with one attached hydrogen (secondary N) is 1. The molecule has 0 amide bonds. The molecule has 0 aromatic heterocycles. The molecule has 2 unspecified atom stereocenters. The molecule has 1 aliphatic rings. The van der Waals surface area contributed by atoms with Gasteiger partial charge in [-0.25, -0.2) is 0 Å². The van der Waals surface area contributed by atoms with Gasteiger partial charge in [-0.3, -0.25) is 10.1 Å². The lowest BCUT2D eigenvalue weighted by Gasteiger charge is -2.20. The Bertz CT molecular complexity index is 436. The summed E-state index contributed by atoms with van der Waals surface area (Å²) in [4.78, 5) is 11.1. The summed E-state index contributed by atoms with van der Waals surface area (Å²) >= 11 is 0. The van der Waals surface area contributed by atoms with E-state index in [4.69, 9.17) is 5.11 Å². The molecule has 98 valence electrons. The maximum atomic E-state index is 11.1. The van der Waals surface area contributed by atoms with E-state index >= 15 is 0 Å². The summed E-state index contributed by atoms with van der Waals surface area (Å²) < 4.78 is 0. The van der Waals surface area contributed by atoms with Gasteiger partial charge in [0.25, 0.3) is 0 Å². The molecule has 1 fully saturated rings. The average molecular weight is 251 g/mol. The zero-order valence-electron chi connectivity index (χ0n) is 10.1. The highest BCUT2D eigenvalue weighted by atomic mass is 16.4. The van der Waals surface area contributed by atoms with E-state index in [9.17, 15) is 15.0 Å². The van der Waals surface area contributed by atoms with Crippen LogP contribution in [0.25, 0.3) is 0 Å². The maximum absolute atomic E-state index is 11.1. The largest absolute Gasteiger partial charge is 0.508 e. The van der Waals surface area contributed by atoms with Crippen molar-refractivity contribution in [2.24, 2.45) is 5.92 Å². The molecule has 18 heavy (non-hydrogen) atoms. The molecule has 1 aromatic rings. The van der Waals surface area contributed by atoms with E-state index in [1.165, 1.54) is 18.2 Å². The number of aliphatic carboxylic acids is 1. The van der Waals surface area contributed by atoms with Crippen LogP contribution in [0, 0.1) is 5.92 Å². The second-order valence-corrected chi connectivity index (χ2v) is 4.82. The number of carboxylic acids is 1. The number of rotatable bonds is 5. The molecule has 0 radical (unpaired) electrons. The lowest BCUT2D eigenvalue weighted by Crippen LogP contribution is -2.39. The van der Waals surface area contributed by atoms with Crippen LogP contribution >= 0.6 is 0 Å². The third kappa shape index (κ3) is 2.92. The first kappa shape index (κ1) is 12.7. The van der Waals surface area contributed by atoms with Crippen molar-refractivity contribution in [3.8, 4) is 11.5 Å². The van der Waals surface area contributed by atoms with Gasteiger partial charge in [-0.2, -0.15) is 0 Å². The Morgan fingerprint density at radius 2 is 1.83 bits per heavy atom. The normalized spacial score (nSPS) is 18.3. The van der Waals surface area contributed by atoms with Crippen LogP contribution in [0.5, 0.6) is 11.5 Å². The van der Waals surface area contributed by atoms with Crippen molar-refractivity contribution >= 4 is 5.97 Å². The van der Waals surface area contributed by atoms with Crippen molar-refractivity contribution in [1.82, 2.24) is 5.32 Å². The predicted molar refractivity (Wildman–Crippen MR) is 65.5 cm³/mol. The zero-order chi connectivity index (χ0) is 13.3. The number of phenolic OH excluding ortho intramolecular Hbond substituents is 2. The Kier molecular flexibility index (Phi) is 3.43. The molecule has 0 heterocycles. The van der Waals surface area contributed by atoms with Gasteiger partial charge in [0.1, 0.15) is 17.5 Å². The van der Waals surface area contributed by atoms with Crippen LogP contribution in [0.15, 0.2) is 18.2 Å². The molecular weight excluding hydrogens is 234 g/mol. The Balaban J connectivity index is 2.10. The minimum Gasteiger partial charge on any atom is -0.508 e. The Labute approximate surface area is 105 Å². The highest BCUT2D eigenvalue weighted by Crippen LogP contribution is 2.34. The molecule has 5 nitrogen and oxygen atoms in total. The first-order valence-electron chi connectivity index (χ1n) is 5.99. The molecule has 0 saturated heterocycles. The standard InChI is InChI=1S/C13H17NO4/c1-7(9-4-10(15)6-11(16)5-9)14-12(13(17)18)8-2-3-8/h4-8,12,14-16H,2-3H2,1H3,(H,17,18). The monoisotopic (exact) mass is 251 g/mol. The Hall–Kier alpha value is -1.75. The van der Waals surface area contributed by atoms with Crippen LogP contribution in [0.2, 0.25) is 0 Å². The van der Waals surface area contributed by atoms with Gasteiger partial charge in [0.15, 0.2) is 0 Å². The fraction of sp³-hybridized carbons (Fsp3) is 0.462. The maximum Gasteiger partial charge on any atom is 0.320 e. The lowest BCUT2D eigenvalue weighted by molar-refractivity contribution is -0.140. The number of hydrogen-bond donors (Lipinski definition) is 4. The number of aromatic hydroxyl groups is 2. The fourth-order valence-corrected chi connectivity index (χ4v) is 2.07. The summed E-state index contributed by atoms with van der Waals surface area (Å²) in [6.45, 7) is 1.81. The van der Waals surface area contributed by atoms with Gasteiger partial charge in [0.05, 0.1) is 0 Å². The van der Waals surface area contributed by atoms with E-state index in [-0.39, 0.29) is 23.5 Å². The minimum absolute atomic E-state index is 0.0306. The first-order valence-corrected chi connectivity index (χ1v) is 5.99. The number of carboxylic acid groups (broad SMARTS) is 1. The summed E-state index contributed by atoms with van der Waals surface area (Å²) in [6.07, 6.45) is 1.87. The first-order chi connectivity index (χ1) is 8.47. The summed E-state index contributed by atoms with van der Waals surface area (Å²) in [5.74, 6) is -0.724. The summed E-state index contributed by atoms with van der Waals surface area (Å²) in [6, 6.07) is 3.47. The Morgan fingerprint density at radius 1 is 1.28 bits per heavy atom. The fourth-order valence-electron chi connectivity index (χ4n) is 2.07. The molecule has 1 aromatic carbocycles. The van der Waals surface area contributed by atoms with Crippen molar-refractivity contribution < 1.29 is 20.1 Å². The van der Waals surface area contributed by atoms with E-state index in [0.29, 0.717) is 5.56 Å². The van der Waals surface area contributed by atoms with Gasteiger partial charge < -0.3 is 15.3 Å². The molecule has 1 saturated carbocycles. The lowest BCUT2D eigenvalue weighted by atomic mass is 10.1. The van der Waals surface area contributed by atoms with Crippen molar-refractivity contribution in [2.45, 2.75) is 31.8 Å². The van der Waals surface area contributed by atoms with E-state index in [2.05, 4.69) is 5.32 Å². The molecule has 2 atom stereocenters. The quantitative estimate of drug-likeness (QED) is 0.638. The SMILES string of the molecule is CC(NC(C(=O)O)C1CC1)c1cc(O)cc(O)c1. The third-order valence-corrected chi connectivity index (χ3v) is 3.21. The van der Waals surface area contributed by atoms with E-state index < -0.39 is 12.0 Å². The molecule has 0 aliphatic heterocycles. The van der Waals surface area contributed by atoms with Gasteiger partial charge in [-0.15, -0.1) is 0 Å². The van der Waals surface area contributed by atoms with Crippen molar-refractivity contribution in [3.05, 3.63) is 23.8 Å². The molecule has 0 bridgehead atoms. The topological polar surface area (TPSA) is 89.8 Å². The molecule has 5 heteroatoms. The number of carbonyl (C=O) groups is 1. The number of hydrogen-bond acceptors (Lipinski definition) is 4. The van der Waals surface area contributed by atoms with Crippen molar-refractivity contribution in [2.75, 3.05) is 0 Å². The zero-order valence-corrected chi connectivity index (χ0v) is 10.1.